The third-order valence-electron chi connectivity index (χ3n) is 3.03. The molecule has 0 aliphatic rings. The average molecular weight is 381 g/mol. The molecule has 122 valence electrons. The van der Waals surface area contributed by atoms with Crippen molar-refractivity contribution in [1.82, 2.24) is 0 Å². The molecule has 5 nitrogen and oxygen atoms in total. The fraction of sp³-hybridized carbons (Fsp3) is 0.235. The number of ether oxygens (including phenoxy) is 4. The van der Waals surface area contributed by atoms with E-state index < -0.39 is 0 Å². The van der Waals surface area contributed by atoms with Crippen molar-refractivity contribution < 1.29 is 23.7 Å². The SMILES string of the molecule is COc1cccc(OCCOc2c(C=O)cc(Br)cc2OC)c1. The molecule has 0 spiro atoms. The third kappa shape index (κ3) is 4.63. The molecule has 0 atom stereocenters. The quantitative estimate of drug-likeness (QED) is 0.515. The standard InChI is InChI=1S/C17H17BrO5/c1-20-14-4-3-5-15(10-14)22-6-7-23-17-12(11-19)8-13(18)9-16(17)21-2/h3-5,8-11H,6-7H2,1-2H3. The van der Waals surface area contributed by atoms with Crippen molar-refractivity contribution in [2.75, 3.05) is 27.4 Å². The predicted molar refractivity (Wildman–Crippen MR) is 90.1 cm³/mol. The molecule has 2 aromatic carbocycles. The molecule has 0 saturated carbocycles. The number of hydrogen-bond acceptors (Lipinski definition) is 5. The largest absolute Gasteiger partial charge is 0.497 e. The lowest BCUT2D eigenvalue weighted by Crippen LogP contribution is -2.10. The van der Waals surface area contributed by atoms with Crippen LogP contribution in [0.1, 0.15) is 10.4 Å². The second-order valence-electron chi connectivity index (χ2n) is 4.52. The lowest BCUT2D eigenvalue weighted by molar-refractivity contribution is 0.111. The summed E-state index contributed by atoms with van der Waals surface area (Å²) < 4.78 is 22.4. The van der Waals surface area contributed by atoms with Crippen LogP contribution in [0, 0.1) is 0 Å². The molecule has 0 bridgehead atoms. The minimum absolute atomic E-state index is 0.274. The predicted octanol–water partition coefficient (Wildman–Crippen LogP) is 3.74. The van der Waals surface area contributed by atoms with E-state index in [1.165, 1.54) is 7.11 Å². The van der Waals surface area contributed by atoms with Crippen LogP contribution in [-0.4, -0.2) is 33.7 Å². The zero-order valence-electron chi connectivity index (χ0n) is 12.9. The highest BCUT2D eigenvalue weighted by molar-refractivity contribution is 9.10. The molecule has 6 heteroatoms. The molecule has 0 heterocycles. The van der Waals surface area contributed by atoms with Gasteiger partial charge < -0.3 is 18.9 Å². The van der Waals surface area contributed by atoms with Crippen LogP contribution in [0.5, 0.6) is 23.0 Å². The van der Waals surface area contributed by atoms with E-state index in [0.717, 1.165) is 16.5 Å². The van der Waals surface area contributed by atoms with Crippen molar-refractivity contribution in [3.05, 3.63) is 46.4 Å². The van der Waals surface area contributed by atoms with Gasteiger partial charge in [-0.25, -0.2) is 0 Å². The molecule has 0 fully saturated rings. The number of methoxy groups -OCH3 is 2. The molecular weight excluding hydrogens is 364 g/mol. The van der Waals surface area contributed by atoms with Crippen molar-refractivity contribution >= 4 is 22.2 Å². The molecule has 0 saturated heterocycles. The van der Waals surface area contributed by atoms with Crippen molar-refractivity contribution in [3.8, 4) is 23.0 Å². The number of rotatable bonds is 8. The topological polar surface area (TPSA) is 54.0 Å². The fourth-order valence-corrected chi connectivity index (χ4v) is 2.43. The maximum absolute atomic E-state index is 11.2. The van der Waals surface area contributed by atoms with Crippen LogP contribution in [0.25, 0.3) is 0 Å². The Hall–Kier alpha value is -2.21. The second-order valence-corrected chi connectivity index (χ2v) is 5.44. The first kappa shape index (κ1) is 17.1. The van der Waals surface area contributed by atoms with Crippen molar-refractivity contribution in [1.29, 1.82) is 0 Å². The van der Waals surface area contributed by atoms with Gasteiger partial charge in [0.1, 0.15) is 24.7 Å². The molecule has 0 aromatic heterocycles. The van der Waals surface area contributed by atoms with E-state index in [4.69, 9.17) is 18.9 Å². The summed E-state index contributed by atoms with van der Waals surface area (Å²) in [5.41, 5.74) is 0.414. The van der Waals surface area contributed by atoms with Gasteiger partial charge in [-0.3, -0.25) is 4.79 Å². The summed E-state index contributed by atoms with van der Waals surface area (Å²) >= 11 is 3.32. The van der Waals surface area contributed by atoms with Crippen LogP contribution in [-0.2, 0) is 0 Å². The van der Waals surface area contributed by atoms with Crippen LogP contribution in [0.15, 0.2) is 40.9 Å². The number of carbonyl (C=O) groups is 1. The van der Waals surface area contributed by atoms with Crippen LogP contribution in [0.4, 0.5) is 0 Å². The summed E-state index contributed by atoms with van der Waals surface area (Å²) in [6, 6.07) is 10.7. The van der Waals surface area contributed by atoms with E-state index in [2.05, 4.69) is 15.9 Å². The molecule has 0 unspecified atom stereocenters. The zero-order valence-corrected chi connectivity index (χ0v) is 14.5. The highest BCUT2D eigenvalue weighted by Gasteiger charge is 2.12. The maximum Gasteiger partial charge on any atom is 0.171 e. The van der Waals surface area contributed by atoms with E-state index in [0.29, 0.717) is 29.4 Å². The van der Waals surface area contributed by atoms with E-state index in [1.807, 2.05) is 18.2 Å². The summed E-state index contributed by atoms with van der Waals surface area (Å²) in [5, 5.41) is 0. The molecule has 0 amide bonds. The van der Waals surface area contributed by atoms with Crippen molar-refractivity contribution in [2.24, 2.45) is 0 Å². The smallest absolute Gasteiger partial charge is 0.171 e. The lowest BCUT2D eigenvalue weighted by atomic mass is 10.2. The summed E-state index contributed by atoms with van der Waals surface area (Å²) in [6.07, 6.45) is 0.728. The van der Waals surface area contributed by atoms with Gasteiger partial charge in [-0.1, -0.05) is 22.0 Å². The van der Waals surface area contributed by atoms with Crippen LogP contribution in [0.2, 0.25) is 0 Å². The highest BCUT2D eigenvalue weighted by atomic mass is 79.9. The molecule has 0 aliphatic heterocycles. The summed E-state index contributed by atoms with van der Waals surface area (Å²) in [4.78, 5) is 11.2. The van der Waals surface area contributed by atoms with E-state index in [-0.39, 0.29) is 6.61 Å². The van der Waals surface area contributed by atoms with Gasteiger partial charge >= 0.3 is 0 Å². The molecule has 2 aromatic rings. The van der Waals surface area contributed by atoms with Gasteiger partial charge in [0.15, 0.2) is 17.8 Å². The molecule has 23 heavy (non-hydrogen) atoms. The molecule has 0 N–H and O–H groups in total. The number of hydrogen-bond donors (Lipinski definition) is 0. The van der Waals surface area contributed by atoms with Gasteiger partial charge in [-0.2, -0.15) is 0 Å². The molecule has 2 rings (SSSR count). The van der Waals surface area contributed by atoms with E-state index in [9.17, 15) is 4.79 Å². The summed E-state index contributed by atoms with van der Waals surface area (Å²) in [5.74, 6) is 2.30. The molecule has 0 radical (unpaired) electrons. The molecule has 0 aliphatic carbocycles. The lowest BCUT2D eigenvalue weighted by Gasteiger charge is -2.14. The third-order valence-corrected chi connectivity index (χ3v) is 3.49. The first-order valence-corrected chi connectivity index (χ1v) is 7.69. The van der Waals surface area contributed by atoms with Crippen molar-refractivity contribution in [2.45, 2.75) is 0 Å². The Morgan fingerprint density at radius 3 is 2.43 bits per heavy atom. The monoisotopic (exact) mass is 380 g/mol. The van der Waals surface area contributed by atoms with E-state index in [1.54, 1.807) is 25.3 Å². The Labute approximate surface area is 143 Å². The van der Waals surface area contributed by atoms with Gasteiger partial charge in [0, 0.05) is 10.5 Å². The fourth-order valence-electron chi connectivity index (χ4n) is 1.98. The molecular formula is C17H17BrO5. The average Bonchev–Trinajstić information content (AvgIpc) is 2.59. The van der Waals surface area contributed by atoms with Gasteiger partial charge in [-0.15, -0.1) is 0 Å². The highest BCUT2D eigenvalue weighted by Crippen LogP contribution is 2.33. The van der Waals surface area contributed by atoms with Crippen LogP contribution < -0.4 is 18.9 Å². The Morgan fingerprint density at radius 1 is 1.00 bits per heavy atom. The van der Waals surface area contributed by atoms with Gasteiger partial charge in [0.25, 0.3) is 0 Å². The first-order valence-electron chi connectivity index (χ1n) is 6.90. The maximum atomic E-state index is 11.2. The van der Waals surface area contributed by atoms with Crippen molar-refractivity contribution in [3.63, 3.8) is 0 Å². The van der Waals surface area contributed by atoms with Gasteiger partial charge in [0.05, 0.1) is 19.8 Å². The van der Waals surface area contributed by atoms with Crippen LogP contribution >= 0.6 is 15.9 Å². The first-order chi connectivity index (χ1) is 11.2. The Balaban J connectivity index is 1.97. The van der Waals surface area contributed by atoms with Gasteiger partial charge in [0.2, 0.25) is 0 Å². The normalized spacial score (nSPS) is 10.0. The number of carbonyl (C=O) groups excluding carboxylic acids is 1. The number of aldehydes is 1. The van der Waals surface area contributed by atoms with Crippen LogP contribution in [0.3, 0.4) is 0 Å². The Kier molecular flexibility index (Phi) is 6.29. The van der Waals surface area contributed by atoms with E-state index >= 15 is 0 Å². The zero-order chi connectivity index (χ0) is 16.7. The Bertz CT molecular complexity index is 672. The second kappa shape index (κ2) is 8.43. The Morgan fingerprint density at radius 2 is 1.74 bits per heavy atom. The summed E-state index contributed by atoms with van der Waals surface area (Å²) in [6.45, 7) is 0.598. The number of benzene rings is 2. The van der Waals surface area contributed by atoms with Gasteiger partial charge in [-0.05, 0) is 24.3 Å². The number of halogens is 1. The summed E-state index contributed by atoms with van der Waals surface area (Å²) in [7, 11) is 3.12. The minimum Gasteiger partial charge on any atom is -0.497 e. The minimum atomic E-state index is 0.274.